The highest BCUT2D eigenvalue weighted by atomic mass is 16.5. The number of imide groups is 1. The molecule has 1 saturated heterocycles. The highest BCUT2D eigenvalue weighted by Gasteiger charge is 2.36. The summed E-state index contributed by atoms with van der Waals surface area (Å²) in [5.41, 5.74) is 2.64. The van der Waals surface area contributed by atoms with Crippen LogP contribution in [0.3, 0.4) is 0 Å². The molecule has 3 amide bonds. The third-order valence-corrected chi connectivity index (χ3v) is 6.42. The molecule has 0 atom stereocenters. The summed E-state index contributed by atoms with van der Waals surface area (Å²) in [5, 5.41) is 2.92. The molecule has 0 bridgehead atoms. The fourth-order valence-electron chi connectivity index (χ4n) is 4.65. The van der Waals surface area contributed by atoms with E-state index in [2.05, 4.69) is 10.2 Å². The molecule has 0 aliphatic carbocycles. The second-order valence-corrected chi connectivity index (χ2v) is 8.78. The maximum absolute atomic E-state index is 13.4. The molecule has 2 heterocycles. The Kier molecular flexibility index (Phi) is 7.28. The molecule has 0 unspecified atom stereocenters. The molecule has 1 fully saturated rings. The van der Waals surface area contributed by atoms with Crippen LogP contribution in [0.5, 0.6) is 11.5 Å². The maximum Gasteiger partial charge on any atom is 0.266 e. The molecule has 3 aromatic rings. The molecule has 2 aliphatic heterocycles. The van der Waals surface area contributed by atoms with Gasteiger partial charge in [-0.3, -0.25) is 14.4 Å². The van der Waals surface area contributed by atoms with E-state index in [4.69, 9.17) is 14.2 Å². The molecule has 9 heteroatoms. The molecule has 0 spiro atoms. The topological polar surface area (TPSA) is 97.4 Å². The number of hydrogen-bond acceptors (Lipinski definition) is 7. The van der Waals surface area contributed by atoms with Gasteiger partial charge in [-0.1, -0.05) is 18.2 Å². The van der Waals surface area contributed by atoms with Crippen molar-refractivity contribution in [3.63, 3.8) is 0 Å². The summed E-state index contributed by atoms with van der Waals surface area (Å²) in [6.07, 6.45) is 0. The zero-order valence-corrected chi connectivity index (χ0v) is 21.4. The largest absolute Gasteiger partial charge is 0.492 e. The van der Waals surface area contributed by atoms with Crippen molar-refractivity contribution in [2.75, 3.05) is 54.6 Å². The zero-order valence-electron chi connectivity index (χ0n) is 21.4. The van der Waals surface area contributed by atoms with Crippen LogP contribution in [-0.4, -0.2) is 57.2 Å². The second kappa shape index (κ2) is 10.9. The zero-order chi connectivity index (χ0) is 26.6. The number of carbonyl (C=O) groups excluding carboxylic acids is 3. The lowest BCUT2D eigenvalue weighted by Gasteiger charge is -2.31. The van der Waals surface area contributed by atoms with Crippen molar-refractivity contribution in [2.24, 2.45) is 0 Å². The molecule has 0 radical (unpaired) electrons. The number of benzene rings is 3. The van der Waals surface area contributed by atoms with E-state index in [1.165, 1.54) is 6.07 Å². The summed E-state index contributed by atoms with van der Waals surface area (Å²) in [6.45, 7) is 7.35. The van der Waals surface area contributed by atoms with Crippen LogP contribution in [0.2, 0.25) is 0 Å². The lowest BCUT2D eigenvalue weighted by atomic mass is 10.1. The van der Waals surface area contributed by atoms with Crippen molar-refractivity contribution < 1.29 is 28.6 Å². The molecule has 196 valence electrons. The lowest BCUT2D eigenvalue weighted by molar-refractivity contribution is 0.0924. The lowest BCUT2D eigenvalue weighted by Crippen LogP contribution is -2.36. The SMILES string of the molecule is CCOc1cc(N2CCOCC2)c(OCC)cc1NC(=O)c1cccc(N2C(=O)c3ccccc3C2=O)c1. The Morgan fingerprint density at radius 3 is 2.18 bits per heavy atom. The van der Waals surface area contributed by atoms with E-state index >= 15 is 0 Å². The number of fused-ring (bicyclic) bond motifs is 1. The van der Waals surface area contributed by atoms with Crippen molar-refractivity contribution in [1.82, 2.24) is 0 Å². The number of morpholine rings is 1. The van der Waals surface area contributed by atoms with E-state index in [1.807, 2.05) is 19.9 Å². The molecule has 1 N–H and O–H groups in total. The van der Waals surface area contributed by atoms with Crippen LogP contribution in [0.1, 0.15) is 44.9 Å². The number of rotatable bonds is 8. The average Bonchev–Trinajstić information content (AvgIpc) is 3.20. The van der Waals surface area contributed by atoms with Crippen LogP contribution in [0, 0.1) is 0 Å². The summed E-state index contributed by atoms with van der Waals surface area (Å²) in [7, 11) is 0. The Bertz CT molecular complexity index is 1350. The third-order valence-electron chi connectivity index (χ3n) is 6.42. The Balaban J connectivity index is 1.43. The van der Waals surface area contributed by atoms with E-state index in [0.717, 1.165) is 23.7 Å². The van der Waals surface area contributed by atoms with E-state index < -0.39 is 17.7 Å². The smallest absolute Gasteiger partial charge is 0.266 e. The fraction of sp³-hybridized carbons (Fsp3) is 0.276. The molecule has 2 aliphatic rings. The number of carbonyl (C=O) groups is 3. The van der Waals surface area contributed by atoms with E-state index in [9.17, 15) is 14.4 Å². The molecule has 38 heavy (non-hydrogen) atoms. The molecule has 9 nitrogen and oxygen atoms in total. The molecule has 0 aromatic heterocycles. The molecule has 3 aromatic carbocycles. The Morgan fingerprint density at radius 2 is 1.53 bits per heavy atom. The highest BCUT2D eigenvalue weighted by Crippen LogP contribution is 2.39. The fourth-order valence-corrected chi connectivity index (χ4v) is 4.65. The molecular weight excluding hydrogens is 486 g/mol. The Labute approximate surface area is 220 Å². The molecule has 5 rings (SSSR count). The maximum atomic E-state index is 13.4. The standard InChI is InChI=1S/C29H29N3O6/c1-3-37-25-18-24(31-12-14-36-15-13-31)26(38-4-2)17-23(25)30-27(33)19-8-7-9-20(16-19)32-28(34)21-10-5-6-11-22(21)29(32)35/h5-11,16-18H,3-4,12-15H2,1-2H3,(H,30,33). The van der Waals surface area contributed by atoms with E-state index in [-0.39, 0.29) is 5.56 Å². The summed E-state index contributed by atoms with van der Waals surface area (Å²) in [5.74, 6) is -0.0927. The van der Waals surface area contributed by atoms with Gasteiger partial charge in [0.15, 0.2) is 0 Å². The normalized spacial score (nSPS) is 14.9. The van der Waals surface area contributed by atoms with Crippen molar-refractivity contribution >= 4 is 34.8 Å². The molecule has 0 saturated carbocycles. The summed E-state index contributed by atoms with van der Waals surface area (Å²) < 4.78 is 17.3. The average molecular weight is 516 g/mol. The van der Waals surface area contributed by atoms with Gasteiger partial charge < -0.3 is 24.4 Å². The van der Waals surface area contributed by atoms with Gasteiger partial charge in [-0.25, -0.2) is 4.90 Å². The predicted molar refractivity (Wildman–Crippen MR) is 144 cm³/mol. The van der Waals surface area contributed by atoms with Gasteiger partial charge in [0.1, 0.15) is 11.5 Å². The van der Waals surface area contributed by atoms with E-state index in [1.54, 1.807) is 48.5 Å². The van der Waals surface area contributed by atoms with Gasteiger partial charge in [0.25, 0.3) is 17.7 Å². The minimum Gasteiger partial charge on any atom is -0.492 e. The van der Waals surface area contributed by atoms with Crippen molar-refractivity contribution in [3.05, 3.63) is 77.4 Å². The number of amides is 3. The quantitative estimate of drug-likeness (QED) is 0.445. The van der Waals surface area contributed by atoms with E-state index in [0.29, 0.717) is 60.4 Å². The van der Waals surface area contributed by atoms with Gasteiger partial charge in [-0.15, -0.1) is 0 Å². The minimum atomic E-state index is -0.415. The highest BCUT2D eigenvalue weighted by molar-refractivity contribution is 6.34. The van der Waals surface area contributed by atoms with Crippen molar-refractivity contribution in [2.45, 2.75) is 13.8 Å². The first-order valence-corrected chi connectivity index (χ1v) is 12.7. The molecular formula is C29H29N3O6. The van der Waals surface area contributed by atoms with Crippen LogP contribution in [0.4, 0.5) is 17.1 Å². The van der Waals surface area contributed by atoms with Gasteiger partial charge in [0.05, 0.1) is 54.6 Å². The Morgan fingerprint density at radius 1 is 0.868 bits per heavy atom. The van der Waals surface area contributed by atoms with Gasteiger partial charge in [-0.2, -0.15) is 0 Å². The monoisotopic (exact) mass is 515 g/mol. The van der Waals surface area contributed by atoms with Crippen molar-refractivity contribution in [3.8, 4) is 11.5 Å². The van der Waals surface area contributed by atoms with Crippen LogP contribution in [-0.2, 0) is 4.74 Å². The number of hydrogen-bond donors (Lipinski definition) is 1. The van der Waals surface area contributed by atoms with Crippen LogP contribution in [0.15, 0.2) is 60.7 Å². The van der Waals surface area contributed by atoms with Crippen LogP contribution < -0.4 is 24.6 Å². The number of anilines is 3. The predicted octanol–water partition coefficient (Wildman–Crippen LogP) is 4.37. The van der Waals surface area contributed by atoms with Gasteiger partial charge >= 0.3 is 0 Å². The summed E-state index contributed by atoms with van der Waals surface area (Å²) >= 11 is 0. The number of nitrogens with one attached hydrogen (secondary N) is 1. The minimum absolute atomic E-state index is 0.289. The van der Waals surface area contributed by atoms with Crippen LogP contribution in [0.25, 0.3) is 0 Å². The number of ether oxygens (including phenoxy) is 3. The third kappa shape index (κ3) is 4.80. The number of nitrogens with zero attached hydrogens (tertiary/aromatic N) is 2. The first-order valence-electron chi connectivity index (χ1n) is 12.7. The summed E-state index contributed by atoms with van der Waals surface area (Å²) in [4.78, 5) is 42.5. The second-order valence-electron chi connectivity index (χ2n) is 8.78. The first-order chi connectivity index (χ1) is 18.5. The van der Waals surface area contributed by atoms with Gasteiger partial charge in [-0.05, 0) is 44.2 Å². The first kappa shape index (κ1) is 25.3. The summed E-state index contributed by atoms with van der Waals surface area (Å²) in [6, 6.07) is 16.8. The van der Waals surface area contributed by atoms with Gasteiger partial charge in [0, 0.05) is 30.8 Å². The van der Waals surface area contributed by atoms with Crippen LogP contribution >= 0.6 is 0 Å². The van der Waals surface area contributed by atoms with Crippen molar-refractivity contribution in [1.29, 1.82) is 0 Å². The Hall–Kier alpha value is -4.37. The van der Waals surface area contributed by atoms with Gasteiger partial charge in [0.2, 0.25) is 0 Å².